The molecule has 23 heavy (non-hydrogen) atoms. The number of carbonyl (C=O) groups excluding carboxylic acids is 1. The van der Waals surface area contributed by atoms with E-state index in [-0.39, 0.29) is 11.8 Å². The number of carboxylic acids is 1. The fraction of sp³-hybridized carbons (Fsp3) is 0.471. The van der Waals surface area contributed by atoms with Gasteiger partial charge in [0.15, 0.2) is 0 Å². The minimum Gasteiger partial charge on any atom is -0.478 e. The first-order chi connectivity index (χ1) is 11.1. The molecule has 0 saturated carbocycles. The van der Waals surface area contributed by atoms with Gasteiger partial charge in [-0.05, 0) is 37.3 Å². The molecule has 0 bridgehead atoms. The number of carbonyl (C=O) groups is 2. The molecule has 2 aliphatic heterocycles. The molecule has 1 amide bonds. The van der Waals surface area contributed by atoms with Crippen molar-refractivity contribution in [3.05, 3.63) is 35.4 Å². The Morgan fingerprint density at radius 1 is 1.26 bits per heavy atom. The Balaban J connectivity index is 1.63. The summed E-state index contributed by atoms with van der Waals surface area (Å²) in [5.74, 6) is -0.740. The van der Waals surface area contributed by atoms with E-state index in [2.05, 4.69) is 5.16 Å². The second-order valence-electron chi connectivity index (χ2n) is 6.12. The van der Waals surface area contributed by atoms with Gasteiger partial charge in [-0.1, -0.05) is 23.4 Å². The van der Waals surface area contributed by atoms with Crippen LogP contribution in [0.15, 0.2) is 29.4 Å². The summed E-state index contributed by atoms with van der Waals surface area (Å²) >= 11 is 0. The van der Waals surface area contributed by atoms with E-state index in [1.54, 1.807) is 17.0 Å². The van der Waals surface area contributed by atoms with E-state index in [0.29, 0.717) is 25.1 Å². The molecule has 2 heterocycles. The van der Waals surface area contributed by atoms with E-state index in [0.717, 1.165) is 24.1 Å². The van der Waals surface area contributed by atoms with Crippen LogP contribution in [0.2, 0.25) is 0 Å². The molecule has 0 aromatic heterocycles. The molecule has 1 aromatic rings. The number of amides is 1. The maximum Gasteiger partial charge on any atom is 0.335 e. The highest BCUT2D eigenvalue weighted by Gasteiger charge is 2.33. The SMILES string of the molecule is CC1=NOC(C(=O)N2CCC(c3ccccc3C(=O)O)CC2)C1. The van der Waals surface area contributed by atoms with Crippen LogP contribution in [-0.2, 0) is 9.63 Å². The summed E-state index contributed by atoms with van der Waals surface area (Å²) in [4.78, 5) is 30.7. The number of carboxylic acid groups (broad SMARTS) is 1. The van der Waals surface area contributed by atoms with E-state index >= 15 is 0 Å². The lowest BCUT2D eigenvalue weighted by atomic mass is 9.86. The van der Waals surface area contributed by atoms with Gasteiger partial charge in [-0.2, -0.15) is 0 Å². The number of nitrogens with zero attached hydrogens (tertiary/aromatic N) is 2. The quantitative estimate of drug-likeness (QED) is 0.927. The fourth-order valence-electron chi connectivity index (χ4n) is 3.29. The van der Waals surface area contributed by atoms with Gasteiger partial charge in [0.2, 0.25) is 6.10 Å². The lowest BCUT2D eigenvalue weighted by Gasteiger charge is -2.33. The Kier molecular flexibility index (Phi) is 4.32. The van der Waals surface area contributed by atoms with Gasteiger partial charge in [-0.25, -0.2) is 4.79 Å². The molecule has 6 nitrogen and oxygen atoms in total. The van der Waals surface area contributed by atoms with Crippen LogP contribution in [-0.4, -0.2) is 46.8 Å². The molecule has 1 aromatic carbocycles. The van der Waals surface area contributed by atoms with Gasteiger partial charge in [0.25, 0.3) is 5.91 Å². The van der Waals surface area contributed by atoms with Gasteiger partial charge >= 0.3 is 5.97 Å². The van der Waals surface area contributed by atoms with Crippen LogP contribution in [0.1, 0.15) is 48.0 Å². The third-order valence-corrected chi connectivity index (χ3v) is 4.53. The second kappa shape index (κ2) is 6.40. The number of likely N-dealkylation sites (tertiary alicyclic amines) is 1. The highest BCUT2D eigenvalue weighted by Crippen LogP contribution is 2.31. The standard InChI is InChI=1S/C17H20N2O4/c1-11-10-15(23-18-11)16(20)19-8-6-12(7-9-19)13-4-2-3-5-14(13)17(21)22/h2-5,12,15H,6-10H2,1H3,(H,21,22). The van der Waals surface area contributed by atoms with Crippen molar-refractivity contribution in [2.45, 2.75) is 38.2 Å². The summed E-state index contributed by atoms with van der Waals surface area (Å²) in [5.41, 5.74) is 2.07. The number of rotatable bonds is 3. The molecule has 0 radical (unpaired) electrons. The van der Waals surface area contributed by atoms with Gasteiger partial charge in [-0.3, -0.25) is 4.79 Å². The predicted molar refractivity (Wildman–Crippen MR) is 84.6 cm³/mol. The van der Waals surface area contributed by atoms with Crippen LogP contribution in [0.3, 0.4) is 0 Å². The first kappa shape index (κ1) is 15.5. The lowest BCUT2D eigenvalue weighted by Crippen LogP contribution is -2.43. The zero-order valence-corrected chi connectivity index (χ0v) is 13.1. The van der Waals surface area contributed by atoms with E-state index in [1.807, 2.05) is 19.1 Å². The fourth-order valence-corrected chi connectivity index (χ4v) is 3.29. The van der Waals surface area contributed by atoms with Crippen molar-refractivity contribution in [1.29, 1.82) is 0 Å². The zero-order chi connectivity index (χ0) is 16.4. The summed E-state index contributed by atoms with van der Waals surface area (Å²) in [6.45, 7) is 3.09. The van der Waals surface area contributed by atoms with Crippen molar-refractivity contribution in [2.75, 3.05) is 13.1 Å². The van der Waals surface area contributed by atoms with Gasteiger partial charge in [0.05, 0.1) is 11.3 Å². The van der Waals surface area contributed by atoms with Crippen molar-refractivity contribution < 1.29 is 19.5 Å². The molecule has 6 heteroatoms. The van der Waals surface area contributed by atoms with Crippen molar-refractivity contribution >= 4 is 17.6 Å². The number of hydrogen-bond acceptors (Lipinski definition) is 4. The van der Waals surface area contributed by atoms with Crippen LogP contribution in [0.4, 0.5) is 0 Å². The molecule has 1 fully saturated rings. The van der Waals surface area contributed by atoms with E-state index in [4.69, 9.17) is 4.84 Å². The molecule has 0 spiro atoms. The van der Waals surface area contributed by atoms with Crippen molar-refractivity contribution in [3.63, 3.8) is 0 Å². The highest BCUT2D eigenvalue weighted by molar-refractivity contribution is 5.91. The maximum absolute atomic E-state index is 12.4. The van der Waals surface area contributed by atoms with Gasteiger partial charge < -0.3 is 14.8 Å². The summed E-state index contributed by atoms with van der Waals surface area (Å²) < 4.78 is 0. The topological polar surface area (TPSA) is 79.2 Å². The molecule has 122 valence electrons. The van der Waals surface area contributed by atoms with Crippen molar-refractivity contribution in [3.8, 4) is 0 Å². The summed E-state index contributed by atoms with van der Waals surface area (Å²) in [6, 6.07) is 7.13. The second-order valence-corrected chi connectivity index (χ2v) is 6.12. The predicted octanol–water partition coefficient (Wildman–Crippen LogP) is 2.26. The van der Waals surface area contributed by atoms with Gasteiger partial charge in [0.1, 0.15) is 0 Å². The van der Waals surface area contributed by atoms with Crippen LogP contribution in [0.5, 0.6) is 0 Å². The van der Waals surface area contributed by atoms with Crippen LogP contribution in [0.25, 0.3) is 0 Å². The smallest absolute Gasteiger partial charge is 0.335 e. The number of aromatic carboxylic acids is 1. The molecule has 3 rings (SSSR count). The summed E-state index contributed by atoms with van der Waals surface area (Å²) in [7, 11) is 0. The first-order valence-electron chi connectivity index (χ1n) is 7.86. The van der Waals surface area contributed by atoms with E-state index in [9.17, 15) is 14.7 Å². The van der Waals surface area contributed by atoms with E-state index < -0.39 is 12.1 Å². The number of oxime groups is 1. The number of benzene rings is 1. The van der Waals surface area contributed by atoms with E-state index in [1.165, 1.54) is 0 Å². The Morgan fingerprint density at radius 2 is 1.96 bits per heavy atom. The highest BCUT2D eigenvalue weighted by atomic mass is 16.6. The largest absolute Gasteiger partial charge is 0.478 e. The van der Waals surface area contributed by atoms with Crippen molar-refractivity contribution in [1.82, 2.24) is 4.90 Å². The first-order valence-corrected chi connectivity index (χ1v) is 7.86. The molecule has 2 aliphatic rings. The minimum absolute atomic E-state index is 0.0180. The molecule has 0 aliphatic carbocycles. The Hall–Kier alpha value is -2.37. The lowest BCUT2D eigenvalue weighted by molar-refractivity contribution is -0.143. The summed E-state index contributed by atoms with van der Waals surface area (Å²) in [6.07, 6.45) is 1.60. The Bertz CT molecular complexity index is 648. The Morgan fingerprint density at radius 3 is 2.57 bits per heavy atom. The number of hydrogen-bond donors (Lipinski definition) is 1. The van der Waals surface area contributed by atoms with Gasteiger partial charge in [-0.15, -0.1) is 0 Å². The monoisotopic (exact) mass is 316 g/mol. The zero-order valence-electron chi connectivity index (χ0n) is 13.1. The van der Waals surface area contributed by atoms with Crippen LogP contribution >= 0.6 is 0 Å². The molecular weight excluding hydrogens is 296 g/mol. The Labute approximate surface area is 134 Å². The van der Waals surface area contributed by atoms with Crippen LogP contribution in [0, 0.1) is 0 Å². The molecule has 1 saturated heterocycles. The molecule has 1 N–H and O–H groups in total. The minimum atomic E-state index is -0.897. The summed E-state index contributed by atoms with van der Waals surface area (Å²) in [5, 5.41) is 13.1. The third-order valence-electron chi connectivity index (χ3n) is 4.53. The average Bonchev–Trinajstić information content (AvgIpc) is 3.01. The van der Waals surface area contributed by atoms with Gasteiger partial charge in [0, 0.05) is 19.5 Å². The third kappa shape index (κ3) is 3.21. The molecular formula is C17H20N2O4. The van der Waals surface area contributed by atoms with Crippen molar-refractivity contribution in [2.24, 2.45) is 5.16 Å². The average molecular weight is 316 g/mol. The maximum atomic E-state index is 12.4. The van der Waals surface area contributed by atoms with Crippen LogP contribution < -0.4 is 0 Å². The molecule has 1 unspecified atom stereocenters. The molecule has 1 atom stereocenters. The number of piperidine rings is 1. The normalized spacial score (nSPS) is 21.7.